The molecule has 1 saturated heterocycles. The molecule has 1 heterocycles. The van der Waals surface area contributed by atoms with Gasteiger partial charge in [0.1, 0.15) is 0 Å². The highest BCUT2D eigenvalue weighted by Crippen LogP contribution is 2.09. The predicted octanol–water partition coefficient (Wildman–Crippen LogP) is -0.279. The lowest BCUT2D eigenvalue weighted by atomic mass is 10.1. The van der Waals surface area contributed by atoms with Crippen molar-refractivity contribution in [3.8, 4) is 0 Å². The Morgan fingerprint density at radius 2 is 2.00 bits per heavy atom. The van der Waals surface area contributed by atoms with Gasteiger partial charge in [-0.25, -0.2) is 0 Å². The molecule has 3 unspecified atom stereocenters. The van der Waals surface area contributed by atoms with Crippen LogP contribution in [0, 0.1) is 0 Å². The van der Waals surface area contributed by atoms with Crippen LogP contribution in [-0.2, 0) is 0 Å². The molecule has 15 heavy (non-hydrogen) atoms. The van der Waals surface area contributed by atoms with Gasteiger partial charge in [0, 0.05) is 44.8 Å². The van der Waals surface area contributed by atoms with Gasteiger partial charge in [-0.2, -0.15) is 0 Å². The number of hydrogen-bond donors (Lipinski definition) is 2. The van der Waals surface area contributed by atoms with Crippen LogP contribution in [0.4, 0.5) is 0 Å². The van der Waals surface area contributed by atoms with E-state index in [1.54, 1.807) is 0 Å². The first-order chi connectivity index (χ1) is 6.99. The standard InChI is InChI=1S/C11H25N3O/c1-9(12)6-14-5-4-13(7-10(14)2)8-11(3)15/h9-11,15H,4-8,12H2,1-3H3. The van der Waals surface area contributed by atoms with Gasteiger partial charge in [-0.1, -0.05) is 0 Å². The molecular weight excluding hydrogens is 190 g/mol. The fourth-order valence-corrected chi connectivity index (χ4v) is 2.25. The van der Waals surface area contributed by atoms with Gasteiger partial charge in [0.15, 0.2) is 0 Å². The summed E-state index contributed by atoms with van der Waals surface area (Å²) in [5, 5.41) is 9.33. The van der Waals surface area contributed by atoms with Gasteiger partial charge in [0.25, 0.3) is 0 Å². The number of aliphatic hydroxyl groups excluding tert-OH is 1. The SMILES string of the molecule is CC(N)CN1CCN(CC(C)O)CC1C. The molecule has 1 aliphatic rings. The Balaban J connectivity index is 2.34. The first-order valence-electron chi connectivity index (χ1n) is 5.89. The number of β-amino-alcohol motifs (C(OH)–C–C–N with tert-alkyl or cyclic N) is 1. The van der Waals surface area contributed by atoms with Gasteiger partial charge in [-0.05, 0) is 20.8 Å². The molecule has 0 aromatic heterocycles. The monoisotopic (exact) mass is 215 g/mol. The van der Waals surface area contributed by atoms with Crippen LogP contribution in [0.2, 0.25) is 0 Å². The first kappa shape index (κ1) is 12.9. The van der Waals surface area contributed by atoms with Crippen molar-refractivity contribution in [1.29, 1.82) is 0 Å². The van der Waals surface area contributed by atoms with E-state index in [4.69, 9.17) is 5.73 Å². The van der Waals surface area contributed by atoms with Crippen molar-refractivity contribution in [2.45, 2.75) is 39.0 Å². The van der Waals surface area contributed by atoms with Crippen LogP contribution in [0.15, 0.2) is 0 Å². The second-order valence-corrected chi connectivity index (χ2v) is 4.93. The Kier molecular flexibility index (Phi) is 4.99. The zero-order valence-electron chi connectivity index (χ0n) is 10.2. The highest BCUT2D eigenvalue weighted by atomic mass is 16.3. The molecule has 0 aromatic carbocycles. The molecule has 0 aromatic rings. The van der Waals surface area contributed by atoms with Crippen molar-refractivity contribution < 1.29 is 5.11 Å². The third-order valence-corrected chi connectivity index (χ3v) is 2.89. The average Bonchev–Trinajstić information content (AvgIpc) is 2.08. The van der Waals surface area contributed by atoms with E-state index < -0.39 is 0 Å². The molecule has 1 fully saturated rings. The number of hydrogen-bond acceptors (Lipinski definition) is 4. The largest absolute Gasteiger partial charge is 0.392 e. The summed E-state index contributed by atoms with van der Waals surface area (Å²) in [5.74, 6) is 0. The number of rotatable bonds is 4. The maximum Gasteiger partial charge on any atom is 0.0639 e. The molecule has 3 atom stereocenters. The van der Waals surface area contributed by atoms with Crippen molar-refractivity contribution in [1.82, 2.24) is 9.80 Å². The second kappa shape index (κ2) is 5.80. The maximum absolute atomic E-state index is 9.33. The Morgan fingerprint density at radius 3 is 2.47 bits per heavy atom. The smallest absolute Gasteiger partial charge is 0.0639 e. The second-order valence-electron chi connectivity index (χ2n) is 4.93. The van der Waals surface area contributed by atoms with E-state index >= 15 is 0 Å². The van der Waals surface area contributed by atoms with Crippen molar-refractivity contribution in [2.75, 3.05) is 32.7 Å². The highest BCUT2D eigenvalue weighted by molar-refractivity contribution is 4.81. The third-order valence-electron chi connectivity index (χ3n) is 2.89. The number of nitrogens with zero attached hydrogens (tertiary/aromatic N) is 2. The van der Waals surface area contributed by atoms with E-state index in [0.29, 0.717) is 6.04 Å². The molecule has 3 N–H and O–H groups in total. The Morgan fingerprint density at radius 1 is 1.33 bits per heavy atom. The van der Waals surface area contributed by atoms with Crippen LogP contribution >= 0.6 is 0 Å². The molecule has 0 spiro atoms. The van der Waals surface area contributed by atoms with Gasteiger partial charge in [0.2, 0.25) is 0 Å². The molecule has 1 aliphatic heterocycles. The summed E-state index contributed by atoms with van der Waals surface area (Å²) >= 11 is 0. The molecule has 0 bridgehead atoms. The summed E-state index contributed by atoms with van der Waals surface area (Å²) in [5.41, 5.74) is 5.81. The molecular formula is C11H25N3O. The fourth-order valence-electron chi connectivity index (χ4n) is 2.25. The van der Waals surface area contributed by atoms with Gasteiger partial charge in [-0.3, -0.25) is 9.80 Å². The Bertz CT molecular complexity index is 185. The van der Waals surface area contributed by atoms with Gasteiger partial charge in [-0.15, -0.1) is 0 Å². The van der Waals surface area contributed by atoms with Crippen molar-refractivity contribution in [2.24, 2.45) is 5.73 Å². The Labute approximate surface area is 93.0 Å². The topological polar surface area (TPSA) is 52.7 Å². The maximum atomic E-state index is 9.33. The van der Waals surface area contributed by atoms with Crippen molar-refractivity contribution >= 4 is 0 Å². The third kappa shape index (κ3) is 4.47. The van der Waals surface area contributed by atoms with E-state index in [9.17, 15) is 5.11 Å². The lowest BCUT2D eigenvalue weighted by Gasteiger charge is -2.40. The summed E-state index contributed by atoms with van der Waals surface area (Å²) < 4.78 is 0. The number of nitrogens with two attached hydrogens (primary N) is 1. The minimum atomic E-state index is -0.225. The van der Waals surface area contributed by atoms with Crippen molar-refractivity contribution in [3.05, 3.63) is 0 Å². The Hall–Kier alpha value is -0.160. The number of aliphatic hydroxyl groups is 1. The fraction of sp³-hybridized carbons (Fsp3) is 1.00. The lowest BCUT2D eigenvalue weighted by Crippen LogP contribution is -2.55. The molecule has 0 saturated carbocycles. The van der Waals surface area contributed by atoms with Crippen LogP contribution in [0.3, 0.4) is 0 Å². The van der Waals surface area contributed by atoms with Gasteiger partial charge < -0.3 is 10.8 Å². The van der Waals surface area contributed by atoms with Gasteiger partial charge >= 0.3 is 0 Å². The van der Waals surface area contributed by atoms with E-state index in [1.165, 1.54) is 0 Å². The highest BCUT2D eigenvalue weighted by Gasteiger charge is 2.24. The molecule has 90 valence electrons. The van der Waals surface area contributed by atoms with Crippen molar-refractivity contribution in [3.63, 3.8) is 0 Å². The quantitative estimate of drug-likeness (QED) is 0.677. The first-order valence-corrected chi connectivity index (χ1v) is 5.89. The van der Waals surface area contributed by atoms with Crippen LogP contribution < -0.4 is 5.73 Å². The molecule has 0 aliphatic carbocycles. The normalized spacial score (nSPS) is 29.0. The zero-order chi connectivity index (χ0) is 11.4. The average molecular weight is 215 g/mol. The lowest BCUT2D eigenvalue weighted by molar-refractivity contribution is 0.0490. The summed E-state index contributed by atoms with van der Waals surface area (Å²) in [6.07, 6.45) is -0.225. The van der Waals surface area contributed by atoms with E-state index in [0.717, 1.165) is 32.7 Å². The minimum Gasteiger partial charge on any atom is -0.392 e. The predicted molar refractivity (Wildman–Crippen MR) is 62.8 cm³/mol. The molecule has 4 heteroatoms. The van der Waals surface area contributed by atoms with Crippen LogP contribution in [0.1, 0.15) is 20.8 Å². The number of piperazine rings is 1. The summed E-state index contributed by atoms with van der Waals surface area (Å²) in [7, 11) is 0. The van der Waals surface area contributed by atoms with E-state index in [2.05, 4.69) is 23.6 Å². The van der Waals surface area contributed by atoms with Crippen LogP contribution in [0.5, 0.6) is 0 Å². The van der Waals surface area contributed by atoms with Crippen LogP contribution in [0.25, 0.3) is 0 Å². The summed E-state index contributed by atoms with van der Waals surface area (Å²) in [4.78, 5) is 4.76. The molecule has 4 nitrogen and oxygen atoms in total. The molecule has 0 amide bonds. The van der Waals surface area contributed by atoms with E-state index in [1.807, 2.05) is 6.92 Å². The molecule has 0 radical (unpaired) electrons. The molecule has 1 rings (SSSR count). The van der Waals surface area contributed by atoms with E-state index in [-0.39, 0.29) is 12.1 Å². The minimum absolute atomic E-state index is 0.225. The summed E-state index contributed by atoms with van der Waals surface area (Å²) in [6.45, 7) is 11.0. The van der Waals surface area contributed by atoms with Gasteiger partial charge in [0.05, 0.1) is 6.10 Å². The summed E-state index contributed by atoms with van der Waals surface area (Å²) in [6, 6.07) is 0.791. The zero-order valence-corrected chi connectivity index (χ0v) is 10.2. The van der Waals surface area contributed by atoms with Crippen LogP contribution in [-0.4, -0.2) is 65.8 Å².